The largest absolute Gasteiger partial charge is 0.469 e. The molecule has 1 aliphatic rings. The molecule has 4 heteroatoms. The predicted octanol–water partition coefficient (Wildman–Crippen LogP) is 3.92. The molecule has 1 saturated carbocycles. The minimum Gasteiger partial charge on any atom is -0.469 e. The standard InChI is InChI=1S/C15H22BrNO2/c1-3-13-12(6-9-19-13)14(18)17-15(10-16)7-4-11(2)5-8-15/h6,9,11H,3-5,7-8,10H2,1-2H3,(H,17,18). The fourth-order valence-electron chi connectivity index (χ4n) is 2.73. The minimum absolute atomic E-state index is 0.000368. The average molecular weight is 328 g/mol. The van der Waals surface area contributed by atoms with Gasteiger partial charge in [0.1, 0.15) is 5.76 Å². The van der Waals surface area contributed by atoms with Gasteiger partial charge in [-0.3, -0.25) is 4.79 Å². The molecule has 0 radical (unpaired) electrons. The van der Waals surface area contributed by atoms with Gasteiger partial charge < -0.3 is 9.73 Å². The molecule has 0 atom stereocenters. The van der Waals surface area contributed by atoms with Crippen LogP contribution >= 0.6 is 15.9 Å². The molecule has 3 nitrogen and oxygen atoms in total. The van der Waals surface area contributed by atoms with Crippen LogP contribution in [0, 0.1) is 5.92 Å². The Morgan fingerprint density at radius 2 is 2.21 bits per heavy atom. The highest BCUT2D eigenvalue weighted by atomic mass is 79.9. The van der Waals surface area contributed by atoms with Crippen molar-refractivity contribution in [3.63, 3.8) is 0 Å². The van der Waals surface area contributed by atoms with Crippen LogP contribution in [-0.2, 0) is 6.42 Å². The molecule has 2 rings (SSSR count). The number of hydrogen-bond acceptors (Lipinski definition) is 2. The smallest absolute Gasteiger partial charge is 0.255 e. The number of furan rings is 1. The van der Waals surface area contributed by atoms with Crippen molar-refractivity contribution in [1.82, 2.24) is 5.32 Å². The first-order chi connectivity index (χ1) is 9.10. The van der Waals surface area contributed by atoms with Crippen molar-refractivity contribution < 1.29 is 9.21 Å². The third-order valence-corrected chi connectivity index (χ3v) is 5.25. The van der Waals surface area contributed by atoms with Crippen LogP contribution in [0.4, 0.5) is 0 Å². The van der Waals surface area contributed by atoms with E-state index in [1.54, 1.807) is 12.3 Å². The van der Waals surface area contributed by atoms with E-state index < -0.39 is 0 Å². The summed E-state index contributed by atoms with van der Waals surface area (Å²) in [6, 6.07) is 1.77. The van der Waals surface area contributed by atoms with Gasteiger partial charge in [-0.05, 0) is 37.7 Å². The first kappa shape index (κ1) is 14.6. The summed E-state index contributed by atoms with van der Waals surface area (Å²) in [6.45, 7) is 4.28. The fourth-order valence-corrected chi connectivity index (χ4v) is 3.43. The molecular weight excluding hydrogens is 306 g/mol. The second-order valence-electron chi connectivity index (χ2n) is 5.66. The molecule has 0 spiro atoms. The molecule has 0 aromatic carbocycles. The molecule has 0 unspecified atom stereocenters. The van der Waals surface area contributed by atoms with Gasteiger partial charge in [-0.1, -0.05) is 29.8 Å². The van der Waals surface area contributed by atoms with Gasteiger partial charge in [-0.2, -0.15) is 0 Å². The zero-order valence-electron chi connectivity index (χ0n) is 11.7. The molecular formula is C15H22BrNO2. The van der Waals surface area contributed by atoms with Crippen LogP contribution in [0.3, 0.4) is 0 Å². The summed E-state index contributed by atoms with van der Waals surface area (Å²) in [7, 11) is 0. The highest BCUT2D eigenvalue weighted by molar-refractivity contribution is 9.09. The van der Waals surface area contributed by atoms with Crippen LogP contribution < -0.4 is 5.32 Å². The number of carbonyl (C=O) groups is 1. The van der Waals surface area contributed by atoms with Crippen molar-refractivity contribution in [3.8, 4) is 0 Å². The van der Waals surface area contributed by atoms with E-state index in [2.05, 4.69) is 28.2 Å². The third kappa shape index (κ3) is 3.22. The van der Waals surface area contributed by atoms with Crippen LogP contribution in [0.1, 0.15) is 55.6 Å². The number of nitrogens with one attached hydrogen (secondary N) is 1. The molecule has 0 aliphatic heterocycles. The minimum atomic E-state index is -0.0914. The van der Waals surface area contributed by atoms with E-state index in [0.29, 0.717) is 5.56 Å². The maximum absolute atomic E-state index is 12.4. The van der Waals surface area contributed by atoms with Crippen LogP contribution in [0.5, 0.6) is 0 Å². The van der Waals surface area contributed by atoms with E-state index in [9.17, 15) is 4.79 Å². The van der Waals surface area contributed by atoms with E-state index in [0.717, 1.165) is 36.3 Å². The molecule has 1 aromatic rings. The Labute approximate surface area is 123 Å². The van der Waals surface area contributed by atoms with E-state index >= 15 is 0 Å². The topological polar surface area (TPSA) is 42.2 Å². The molecule has 1 fully saturated rings. The summed E-state index contributed by atoms with van der Waals surface area (Å²) in [4.78, 5) is 12.4. The summed E-state index contributed by atoms with van der Waals surface area (Å²) in [6.07, 6.45) is 6.79. The normalized spacial score (nSPS) is 27.2. The quantitative estimate of drug-likeness (QED) is 0.852. The highest BCUT2D eigenvalue weighted by Gasteiger charge is 2.35. The molecule has 1 aliphatic carbocycles. The summed E-state index contributed by atoms with van der Waals surface area (Å²) >= 11 is 3.58. The number of carbonyl (C=O) groups excluding carboxylic acids is 1. The van der Waals surface area contributed by atoms with E-state index in [1.165, 1.54) is 12.8 Å². The first-order valence-corrected chi connectivity index (χ1v) is 8.17. The SMILES string of the molecule is CCc1occc1C(=O)NC1(CBr)CCC(C)CC1. The Morgan fingerprint density at radius 3 is 2.79 bits per heavy atom. The zero-order chi connectivity index (χ0) is 13.9. The van der Waals surface area contributed by atoms with Crippen LogP contribution in [0.25, 0.3) is 0 Å². The van der Waals surface area contributed by atoms with Crippen LogP contribution in [0.2, 0.25) is 0 Å². The summed E-state index contributed by atoms with van der Waals surface area (Å²) < 4.78 is 5.34. The van der Waals surface area contributed by atoms with E-state index in [1.807, 2.05) is 6.92 Å². The fraction of sp³-hybridized carbons (Fsp3) is 0.667. The van der Waals surface area contributed by atoms with Gasteiger partial charge in [0.15, 0.2) is 0 Å². The maximum Gasteiger partial charge on any atom is 0.255 e. The summed E-state index contributed by atoms with van der Waals surface area (Å²) in [5, 5.41) is 4.05. The van der Waals surface area contributed by atoms with Gasteiger partial charge in [0, 0.05) is 11.8 Å². The number of alkyl halides is 1. The molecule has 106 valence electrons. The van der Waals surface area contributed by atoms with Gasteiger partial charge >= 0.3 is 0 Å². The van der Waals surface area contributed by atoms with Crippen LogP contribution in [0.15, 0.2) is 16.7 Å². The van der Waals surface area contributed by atoms with E-state index in [4.69, 9.17) is 4.42 Å². The number of amides is 1. The van der Waals surface area contributed by atoms with Crippen molar-refractivity contribution >= 4 is 21.8 Å². The second-order valence-corrected chi connectivity index (χ2v) is 6.22. The van der Waals surface area contributed by atoms with Crippen molar-refractivity contribution in [1.29, 1.82) is 0 Å². The predicted molar refractivity (Wildman–Crippen MR) is 79.7 cm³/mol. The van der Waals surface area contributed by atoms with Gasteiger partial charge in [0.05, 0.1) is 17.4 Å². The Hall–Kier alpha value is -0.770. The lowest BCUT2D eigenvalue weighted by Gasteiger charge is -2.38. The lowest BCUT2D eigenvalue weighted by atomic mass is 9.78. The zero-order valence-corrected chi connectivity index (χ0v) is 13.3. The van der Waals surface area contributed by atoms with Crippen molar-refractivity contribution in [2.24, 2.45) is 5.92 Å². The van der Waals surface area contributed by atoms with Crippen LogP contribution in [-0.4, -0.2) is 16.8 Å². The molecule has 1 N–H and O–H groups in total. The summed E-state index contributed by atoms with van der Waals surface area (Å²) in [5.74, 6) is 1.54. The lowest BCUT2D eigenvalue weighted by Crippen LogP contribution is -2.52. The monoisotopic (exact) mass is 327 g/mol. The third-order valence-electron chi connectivity index (χ3n) is 4.18. The Kier molecular flexibility index (Phi) is 4.71. The van der Waals surface area contributed by atoms with Crippen molar-refractivity contribution in [3.05, 3.63) is 23.7 Å². The number of hydrogen-bond donors (Lipinski definition) is 1. The molecule has 1 amide bonds. The Balaban J connectivity index is 2.08. The highest BCUT2D eigenvalue weighted by Crippen LogP contribution is 2.33. The van der Waals surface area contributed by atoms with Crippen molar-refractivity contribution in [2.45, 2.75) is 51.5 Å². The molecule has 19 heavy (non-hydrogen) atoms. The van der Waals surface area contributed by atoms with Gasteiger partial charge in [-0.25, -0.2) is 0 Å². The Bertz CT molecular complexity index is 433. The average Bonchev–Trinajstić information content (AvgIpc) is 2.90. The molecule has 0 bridgehead atoms. The first-order valence-electron chi connectivity index (χ1n) is 7.05. The Morgan fingerprint density at radius 1 is 1.53 bits per heavy atom. The van der Waals surface area contributed by atoms with Gasteiger partial charge in [0.2, 0.25) is 0 Å². The molecule has 1 aromatic heterocycles. The lowest BCUT2D eigenvalue weighted by molar-refractivity contribution is 0.0872. The second kappa shape index (κ2) is 6.12. The number of aryl methyl sites for hydroxylation is 1. The van der Waals surface area contributed by atoms with Gasteiger partial charge in [-0.15, -0.1) is 0 Å². The van der Waals surface area contributed by atoms with E-state index in [-0.39, 0.29) is 11.4 Å². The number of rotatable bonds is 4. The number of halogens is 1. The molecule has 0 saturated heterocycles. The maximum atomic E-state index is 12.4. The summed E-state index contributed by atoms with van der Waals surface area (Å²) in [5.41, 5.74) is 0.591. The van der Waals surface area contributed by atoms with Gasteiger partial charge in [0.25, 0.3) is 5.91 Å². The van der Waals surface area contributed by atoms with Crippen molar-refractivity contribution in [2.75, 3.05) is 5.33 Å². The molecule has 1 heterocycles.